The first kappa shape index (κ1) is 20.0. The van der Waals surface area contributed by atoms with Gasteiger partial charge in [0.1, 0.15) is 5.54 Å². The van der Waals surface area contributed by atoms with Crippen LogP contribution in [0.2, 0.25) is 0 Å². The molecule has 4 aliphatic heterocycles. The van der Waals surface area contributed by atoms with Gasteiger partial charge in [-0.25, -0.2) is 4.90 Å². The van der Waals surface area contributed by atoms with Crippen molar-refractivity contribution in [3.8, 4) is 0 Å². The molecule has 3 fully saturated rings. The van der Waals surface area contributed by atoms with Crippen molar-refractivity contribution in [1.29, 1.82) is 0 Å². The minimum absolute atomic E-state index is 0.175. The number of benzene rings is 2. The van der Waals surface area contributed by atoms with Gasteiger partial charge in [0.05, 0.1) is 22.4 Å². The maximum Gasteiger partial charge on any atom is 0.271 e. The Bertz CT molecular complexity index is 1260. The summed E-state index contributed by atoms with van der Waals surface area (Å²) < 4.78 is 0. The van der Waals surface area contributed by atoms with Gasteiger partial charge in [0.15, 0.2) is 0 Å². The summed E-state index contributed by atoms with van der Waals surface area (Å²) in [6, 6.07) is 11.2. The molecule has 9 heteroatoms. The van der Waals surface area contributed by atoms with E-state index in [2.05, 4.69) is 10.2 Å². The van der Waals surface area contributed by atoms with Crippen molar-refractivity contribution in [3.63, 3.8) is 0 Å². The molecule has 2 aromatic carbocycles. The average molecular weight is 446 g/mol. The van der Waals surface area contributed by atoms with Gasteiger partial charge in [-0.05, 0) is 43.5 Å². The number of nitro groups is 1. The highest BCUT2D eigenvalue weighted by Gasteiger charge is 2.74. The Labute approximate surface area is 189 Å². The molecule has 1 N–H and O–H groups in total. The van der Waals surface area contributed by atoms with E-state index < -0.39 is 28.2 Å². The fraction of sp³-hybridized carbons (Fsp3) is 0.375. The second-order valence-corrected chi connectivity index (χ2v) is 9.15. The van der Waals surface area contributed by atoms with Gasteiger partial charge in [-0.15, -0.1) is 0 Å². The van der Waals surface area contributed by atoms with Gasteiger partial charge in [-0.1, -0.05) is 25.1 Å². The third-order valence-corrected chi connectivity index (χ3v) is 7.76. The zero-order valence-electron chi connectivity index (χ0n) is 18.0. The molecular formula is C24H22N4O5. The van der Waals surface area contributed by atoms with E-state index in [1.54, 1.807) is 0 Å². The number of amides is 3. The Hall–Kier alpha value is -3.59. The zero-order valence-corrected chi connectivity index (χ0v) is 18.0. The summed E-state index contributed by atoms with van der Waals surface area (Å²) in [5.41, 5.74) is 1.23. The summed E-state index contributed by atoms with van der Waals surface area (Å²) >= 11 is 0. The molecule has 33 heavy (non-hydrogen) atoms. The van der Waals surface area contributed by atoms with E-state index in [9.17, 15) is 24.5 Å². The SMILES string of the molecule is CCc1ccc2c(c1)C1(C(=O)N2)C2C(=O)N(c3cccc([N+](=O)[O-])c3)C(=O)C2C2CCCN21. The van der Waals surface area contributed by atoms with Crippen molar-refractivity contribution in [3.05, 3.63) is 63.7 Å². The maximum absolute atomic E-state index is 13.9. The number of nitro benzene ring substituents is 1. The van der Waals surface area contributed by atoms with Crippen molar-refractivity contribution >= 4 is 34.8 Å². The number of fused-ring (bicyclic) bond motifs is 7. The predicted molar refractivity (Wildman–Crippen MR) is 118 cm³/mol. The van der Waals surface area contributed by atoms with Crippen molar-refractivity contribution in [2.24, 2.45) is 11.8 Å². The molecule has 3 saturated heterocycles. The number of hydrogen-bond acceptors (Lipinski definition) is 6. The highest BCUT2D eigenvalue weighted by Crippen LogP contribution is 2.60. The number of carbonyl (C=O) groups is 3. The van der Waals surface area contributed by atoms with Gasteiger partial charge in [-0.3, -0.25) is 29.4 Å². The van der Waals surface area contributed by atoms with E-state index in [4.69, 9.17) is 0 Å². The van der Waals surface area contributed by atoms with Crippen LogP contribution in [0.3, 0.4) is 0 Å². The molecule has 168 valence electrons. The molecule has 2 aromatic rings. The molecule has 1 spiro atoms. The minimum Gasteiger partial charge on any atom is -0.324 e. The first-order valence-corrected chi connectivity index (χ1v) is 11.2. The first-order chi connectivity index (χ1) is 15.9. The molecule has 0 saturated carbocycles. The van der Waals surface area contributed by atoms with Gasteiger partial charge < -0.3 is 5.32 Å². The number of nitrogens with one attached hydrogen (secondary N) is 1. The Morgan fingerprint density at radius 1 is 1.15 bits per heavy atom. The number of non-ortho nitro benzene ring substituents is 1. The Morgan fingerprint density at radius 3 is 2.73 bits per heavy atom. The van der Waals surface area contributed by atoms with Crippen LogP contribution in [0.25, 0.3) is 0 Å². The first-order valence-electron chi connectivity index (χ1n) is 11.2. The predicted octanol–water partition coefficient (Wildman–Crippen LogP) is 2.59. The summed E-state index contributed by atoms with van der Waals surface area (Å²) in [6.07, 6.45) is 2.34. The number of aryl methyl sites for hydroxylation is 1. The van der Waals surface area contributed by atoms with Gasteiger partial charge in [0.25, 0.3) is 5.69 Å². The Balaban J connectivity index is 1.54. The zero-order chi connectivity index (χ0) is 23.1. The van der Waals surface area contributed by atoms with Crippen LogP contribution in [-0.2, 0) is 26.3 Å². The second-order valence-electron chi connectivity index (χ2n) is 9.15. The second kappa shape index (κ2) is 6.71. The molecule has 0 bridgehead atoms. The van der Waals surface area contributed by atoms with E-state index in [0.29, 0.717) is 12.2 Å². The van der Waals surface area contributed by atoms with Gasteiger partial charge >= 0.3 is 0 Å². The lowest BCUT2D eigenvalue weighted by molar-refractivity contribution is -0.384. The normalized spacial score (nSPS) is 30.0. The van der Waals surface area contributed by atoms with E-state index in [1.165, 1.54) is 24.3 Å². The van der Waals surface area contributed by atoms with Gasteiger partial charge in [0, 0.05) is 29.4 Å². The number of anilines is 2. The summed E-state index contributed by atoms with van der Waals surface area (Å²) in [5.74, 6) is -2.66. The van der Waals surface area contributed by atoms with E-state index >= 15 is 0 Å². The highest BCUT2D eigenvalue weighted by molar-refractivity contribution is 6.26. The standard InChI is InChI=1S/C24H22N4O5/c1-2-13-8-9-17-16(11-13)24(23(31)25-17)20-19(18-7-4-10-26(18)24)21(29)27(22(20)30)14-5-3-6-15(12-14)28(32)33/h3,5-6,8-9,11-12,18-20H,2,4,7,10H2,1H3,(H,25,31). The van der Waals surface area contributed by atoms with Crippen LogP contribution in [0.5, 0.6) is 0 Å². The molecule has 6 rings (SSSR count). The highest BCUT2D eigenvalue weighted by atomic mass is 16.6. The van der Waals surface area contributed by atoms with Crippen molar-refractivity contribution in [1.82, 2.24) is 4.90 Å². The number of hydrogen-bond donors (Lipinski definition) is 1. The summed E-state index contributed by atoms with van der Waals surface area (Å²) in [6.45, 7) is 2.67. The summed E-state index contributed by atoms with van der Waals surface area (Å²) in [5, 5.41) is 14.2. The lowest BCUT2D eigenvalue weighted by Crippen LogP contribution is -2.54. The van der Waals surface area contributed by atoms with E-state index in [0.717, 1.165) is 35.3 Å². The topological polar surface area (TPSA) is 113 Å². The Kier molecular flexibility index (Phi) is 4.08. The molecule has 0 aromatic heterocycles. The molecule has 0 aliphatic carbocycles. The van der Waals surface area contributed by atoms with Crippen LogP contribution in [-0.4, -0.2) is 40.1 Å². The van der Waals surface area contributed by atoms with E-state index in [1.807, 2.05) is 25.1 Å². The lowest BCUT2D eigenvalue weighted by Gasteiger charge is -2.36. The van der Waals surface area contributed by atoms with Crippen LogP contribution in [0.15, 0.2) is 42.5 Å². The molecule has 4 heterocycles. The van der Waals surface area contributed by atoms with Crippen molar-refractivity contribution < 1.29 is 19.3 Å². The third-order valence-electron chi connectivity index (χ3n) is 7.76. The molecule has 4 aliphatic rings. The van der Waals surface area contributed by atoms with Gasteiger partial charge in [-0.2, -0.15) is 0 Å². The van der Waals surface area contributed by atoms with Crippen LogP contribution in [0.4, 0.5) is 17.1 Å². The van der Waals surface area contributed by atoms with Crippen LogP contribution < -0.4 is 10.2 Å². The quantitative estimate of drug-likeness (QED) is 0.441. The average Bonchev–Trinajstić information content (AvgIpc) is 3.51. The fourth-order valence-electron chi connectivity index (χ4n) is 6.47. The largest absolute Gasteiger partial charge is 0.324 e. The third kappa shape index (κ3) is 2.37. The Morgan fingerprint density at radius 2 is 1.97 bits per heavy atom. The van der Waals surface area contributed by atoms with E-state index in [-0.39, 0.29) is 29.2 Å². The molecule has 9 nitrogen and oxygen atoms in total. The smallest absolute Gasteiger partial charge is 0.271 e. The summed E-state index contributed by atoms with van der Waals surface area (Å²) in [7, 11) is 0. The lowest BCUT2D eigenvalue weighted by atomic mass is 9.75. The van der Waals surface area contributed by atoms with Crippen molar-refractivity contribution in [2.75, 3.05) is 16.8 Å². The number of rotatable bonds is 3. The molecule has 3 amide bonds. The van der Waals surface area contributed by atoms with Crippen LogP contribution in [0.1, 0.15) is 30.9 Å². The molecule has 0 radical (unpaired) electrons. The van der Waals surface area contributed by atoms with Crippen molar-refractivity contribution in [2.45, 2.75) is 37.8 Å². The fourth-order valence-corrected chi connectivity index (χ4v) is 6.47. The number of carbonyl (C=O) groups excluding carboxylic acids is 3. The van der Waals surface area contributed by atoms with Gasteiger partial charge in [0.2, 0.25) is 17.7 Å². The molecular weight excluding hydrogens is 424 g/mol. The monoisotopic (exact) mass is 446 g/mol. The number of nitrogens with zero attached hydrogens (tertiary/aromatic N) is 3. The summed E-state index contributed by atoms with van der Waals surface area (Å²) in [4.78, 5) is 55.1. The molecule has 4 unspecified atom stereocenters. The minimum atomic E-state index is -1.24. The van der Waals surface area contributed by atoms with Crippen LogP contribution in [0, 0.1) is 22.0 Å². The molecule has 4 atom stereocenters. The van der Waals surface area contributed by atoms with Crippen LogP contribution >= 0.6 is 0 Å². The number of imide groups is 1. The maximum atomic E-state index is 13.9.